The van der Waals surface area contributed by atoms with Crippen LogP contribution in [0.15, 0.2) is 36.9 Å². The lowest BCUT2D eigenvalue weighted by Crippen LogP contribution is -2.52. The van der Waals surface area contributed by atoms with Crippen LogP contribution in [0.2, 0.25) is 5.15 Å². The SMILES string of the molecule is C=C[C@@H]1C[C@]1(NC(=O)[C@@H]1C[C@@H](Oc2nc(Cl)cc3cc(OC)ccc23)CN1)C(=O)CS(=O)(=O)C1CC1.Cl.Cl. The van der Waals surface area contributed by atoms with Crippen LogP contribution in [0.25, 0.3) is 10.8 Å². The maximum absolute atomic E-state index is 13.1. The number of halogens is 3. The van der Waals surface area contributed by atoms with Crippen LogP contribution in [0.5, 0.6) is 11.6 Å². The fourth-order valence-corrected chi connectivity index (χ4v) is 6.72. The number of methoxy groups -OCH3 is 1. The predicted octanol–water partition coefficient (Wildman–Crippen LogP) is 3.06. The van der Waals surface area contributed by atoms with E-state index in [2.05, 4.69) is 22.2 Å². The highest BCUT2D eigenvalue weighted by molar-refractivity contribution is 7.93. The van der Waals surface area contributed by atoms with E-state index in [1.54, 1.807) is 25.3 Å². The summed E-state index contributed by atoms with van der Waals surface area (Å²) >= 11 is 6.20. The van der Waals surface area contributed by atoms with Crippen molar-refractivity contribution in [3.63, 3.8) is 0 Å². The minimum Gasteiger partial charge on any atom is -0.497 e. The number of nitrogens with one attached hydrogen (secondary N) is 2. The summed E-state index contributed by atoms with van der Waals surface area (Å²) in [6, 6.07) is 6.61. The highest BCUT2D eigenvalue weighted by Crippen LogP contribution is 2.46. The zero-order chi connectivity index (χ0) is 25.7. The van der Waals surface area contributed by atoms with Crippen LogP contribution in [0.1, 0.15) is 25.7 Å². The molecule has 13 heteroatoms. The van der Waals surface area contributed by atoms with Gasteiger partial charge >= 0.3 is 0 Å². The van der Waals surface area contributed by atoms with E-state index < -0.39 is 38.2 Å². The largest absolute Gasteiger partial charge is 0.497 e. The molecule has 1 aliphatic heterocycles. The number of aromatic nitrogens is 1. The number of rotatable bonds is 10. The molecule has 2 aliphatic carbocycles. The highest BCUT2D eigenvalue weighted by atomic mass is 35.5. The Hall–Kier alpha value is -2.11. The number of amides is 1. The Morgan fingerprint density at radius 3 is 2.66 bits per heavy atom. The summed E-state index contributed by atoms with van der Waals surface area (Å²) < 4.78 is 36.1. The number of ether oxygens (including phenoxy) is 2. The van der Waals surface area contributed by atoms with Gasteiger partial charge in [0.25, 0.3) is 0 Å². The standard InChI is InChI=1S/C25H28ClN3O6S.2ClH/c1-3-15-11-25(15,21(30)13-36(32,33)18-5-6-18)29-23(31)20-10-17(12-27-20)35-24-19-7-4-16(34-2)8-14(19)9-22(26)28-24;;/h3-4,7-9,15,17-18,20,27H,1,5-6,10-13H2,2H3,(H,29,31);2*1H/t15-,17-,20+,25-;;/m1../s1. The van der Waals surface area contributed by atoms with Gasteiger partial charge in [-0.15, -0.1) is 31.4 Å². The van der Waals surface area contributed by atoms with Gasteiger partial charge in [0.1, 0.15) is 28.3 Å². The first-order chi connectivity index (χ1) is 17.1. The average molecular weight is 607 g/mol. The highest BCUT2D eigenvalue weighted by Gasteiger charge is 2.60. The lowest BCUT2D eigenvalue weighted by molar-refractivity contribution is -0.129. The Kier molecular flexibility index (Phi) is 9.25. The molecular weight excluding hydrogens is 577 g/mol. The second kappa shape index (κ2) is 11.6. The van der Waals surface area contributed by atoms with Crippen LogP contribution < -0.4 is 20.1 Å². The zero-order valence-electron chi connectivity index (χ0n) is 20.6. The van der Waals surface area contributed by atoms with E-state index in [1.165, 1.54) is 0 Å². The molecule has 2 aromatic rings. The van der Waals surface area contributed by atoms with Gasteiger partial charge in [0.2, 0.25) is 11.8 Å². The lowest BCUT2D eigenvalue weighted by Gasteiger charge is -2.20. The first kappa shape index (κ1) is 30.4. The van der Waals surface area contributed by atoms with Gasteiger partial charge in [-0.3, -0.25) is 9.59 Å². The summed E-state index contributed by atoms with van der Waals surface area (Å²) in [4.78, 5) is 30.4. The lowest BCUT2D eigenvalue weighted by atomic mass is 10.1. The summed E-state index contributed by atoms with van der Waals surface area (Å²) in [6.07, 6.45) is 3.14. The van der Waals surface area contributed by atoms with E-state index in [-0.39, 0.29) is 47.9 Å². The Labute approximate surface area is 238 Å². The molecule has 0 spiro atoms. The topological polar surface area (TPSA) is 124 Å². The van der Waals surface area contributed by atoms with Crippen molar-refractivity contribution < 1.29 is 27.5 Å². The number of ketones is 1. The van der Waals surface area contributed by atoms with Crippen molar-refractivity contribution in [2.75, 3.05) is 19.4 Å². The molecule has 2 N–H and O–H groups in total. The van der Waals surface area contributed by atoms with E-state index in [0.717, 1.165) is 10.8 Å². The van der Waals surface area contributed by atoms with Crippen LogP contribution in [0, 0.1) is 5.92 Å². The molecule has 4 atom stereocenters. The van der Waals surface area contributed by atoms with E-state index >= 15 is 0 Å². The summed E-state index contributed by atoms with van der Waals surface area (Å²) in [7, 11) is -1.90. The van der Waals surface area contributed by atoms with Gasteiger partial charge in [-0.1, -0.05) is 17.7 Å². The number of Topliss-reactive ketones (excluding diaryl/α,β-unsaturated/α-hetero) is 1. The second-order valence-electron chi connectivity index (χ2n) is 9.71. The summed E-state index contributed by atoms with van der Waals surface area (Å²) in [5.74, 6) is -0.625. The van der Waals surface area contributed by atoms with Crippen LogP contribution in [0.3, 0.4) is 0 Å². The van der Waals surface area contributed by atoms with Crippen LogP contribution in [-0.4, -0.2) is 67.4 Å². The number of sulfone groups is 1. The van der Waals surface area contributed by atoms with Crippen molar-refractivity contribution in [3.8, 4) is 11.6 Å². The number of hydrogen-bond acceptors (Lipinski definition) is 8. The molecule has 3 fully saturated rings. The number of fused-ring (bicyclic) bond motifs is 1. The number of hydrogen-bond donors (Lipinski definition) is 2. The van der Waals surface area contributed by atoms with Gasteiger partial charge in [-0.2, -0.15) is 0 Å². The van der Waals surface area contributed by atoms with E-state index in [1.807, 2.05) is 12.1 Å². The molecule has 1 amide bonds. The average Bonchev–Trinajstić information content (AvgIpc) is 3.76. The monoisotopic (exact) mass is 605 g/mol. The maximum atomic E-state index is 13.1. The third kappa shape index (κ3) is 6.04. The molecule has 3 aliphatic rings. The normalized spacial score (nSPS) is 26.0. The summed E-state index contributed by atoms with van der Waals surface area (Å²) in [5, 5.41) is 7.39. The minimum absolute atomic E-state index is 0. The van der Waals surface area contributed by atoms with E-state index in [9.17, 15) is 18.0 Å². The van der Waals surface area contributed by atoms with Gasteiger partial charge in [-0.05, 0) is 48.9 Å². The number of carbonyl (C=O) groups is 2. The van der Waals surface area contributed by atoms with Gasteiger partial charge in [-0.25, -0.2) is 13.4 Å². The quantitative estimate of drug-likeness (QED) is 0.313. The van der Waals surface area contributed by atoms with Gasteiger partial charge in [0.05, 0.1) is 18.4 Å². The third-order valence-corrected chi connectivity index (χ3v) is 9.51. The summed E-state index contributed by atoms with van der Waals surface area (Å²) in [5.41, 5.74) is -1.20. The van der Waals surface area contributed by atoms with Crippen molar-refractivity contribution >= 4 is 68.7 Å². The zero-order valence-corrected chi connectivity index (χ0v) is 23.9. The molecule has 2 heterocycles. The Morgan fingerprint density at radius 2 is 2.03 bits per heavy atom. The van der Waals surface area contributed by atoms with Gasteiger partial charge in [0, 0.05) is 24.3 Å². The van der Waals surface area contributed by atoms with Gasteiger partial charge < -0.3 is 20.1 Å². The molecular formula is C25H30Cl3N3O6S. The first-order valence-electron chi connectivity index (χ1n) is 11.9. The van der Waals surface area contributed by atoms with Crippen LogP contribution in [0.4, 0.5) is 0 Å². The molecule has 208 valence electrons. The molecule has 1 aromatic heterocycles. The Bertz CT molecular complexity index is 1350. The number of pyridine rings is 1. The van der Waals surface area contributed by atoms with Crippen LogP contribution in [-0.2, 0) is 19.4 Å². The van der Waals surface area contributed by atoms with Crippen LogP contribution >= 0.6 is 36.4 Å². The molecule has 5 rings (SSSR count). The molecule has 9 nitrogen and oxygen atoms in total. The van der Waals surface area contributed by atoms with Crippen molar-refractivity contribution in [3.05, 3.63) is 42.1 Å². The van der Waals surface area contributed by atoms with Crippen molar-refractivity contribution in [1.29, 1.82) is 0 Å². The molecule has 0 radical (unpaired) electrons. The predicted molar refractivity (Wildman–Crippen MR) is 150 cm³/mol. The fourth-order valence-electron chi connectivity index (χ4n) is 4.81. The maximum Gasteiger partial charge on any atom is 0.238 e. The van der Waals surface area contributed by atoms with Crippen molar-refractivity contribution in [1.82, 2.24) is 15.6 Å². The molecule has 0 bridgehead atoms. The fraction of sp³-hybridized carbons (Fsp3) is 0.480. The summed E-state index contributed by atoms with van der Waals surface area (Å²) in [6.45, 7) is 4.13. The minimum atomic E-state index is -3.48. The number of nitrogens with zero attached hydrogens (tertiary/aromatic N) is 1. The molecule has 2 saturated carbocycles. The van der Waals surface area contributed by atoms with Crippen molar-refractivity contribution in [2.45, 2.75) is 48.6 Å². The molecule has 0 unspecified atom stereocenters. The molecule has 1 saturated heterocycles. The van der Waals surface area contributed by atoms with E-state index in [4.69, 9.17) is 21.1 Å². The number of benzene rings is 1. The Morgan fingerprint density at radius 1 is 1.29 bits per heavy atom. The Balaban J connectivity index is 0.00000200. The smallest absolute Gasteiger partial charge is 0.238 e. The third-order valence-electron chi connectivity index (χ3n) is 7.17. The second-order valence-corrected chi connectivity index (χ2v) is 12.4. The van der Waals surface area contributed by atoms with E-state index in [0.29, 0.717) is 43.9 Å². The molecule has 1 aromatic carbocycles. The van der Waals surface area contributed by atoms with Crippen molar-refractivity contribution in [2.24, 2.45) is 5.92 Å². The molecule has 38 heavy (non-hydrogen) atoms. The number of carbonyl (C=O) groups excluding carboxylic acids is 2. The van der Waals surface area contributed by atoms with Gasteiger partial charge in [0.15, 0.2) is 15.6 Å². The first-order valence-corrected chi connectivity index (χ1v) is 14.0.